The number of carbonyl (C=O) groups is 2. The quantitative estimate of drug-likeness (QED) is 0.596. The molecule has 2 rings (SSSR count). The second-order valence-corrected chi connectivity index (χ2v) is 5.14. The number of methoxy groups -OCH3 is 1. The van der Waals surface area contributed by atoms with Crippen molar-refractivity contribution >= 4 is 11.8 Å². The normalized spacial score (nSPS) is 10.0. The number of hydrazine groups is 1. The van der Waals surface area contributed by atoms with Gasteiger partial charge in [0.2, 0.25) is 5.91 Å². The number of carbonyl (C=O) groups excluding carboxylic acids is 2. The van der Waals surface area contributed by atoms with Crippen LogP contribution in [-0.4, -0.2) is 25.5 Å². The van der Waals surface area contributed by atoms with Crippen LogP contribution < -0.4 is 20.3 Å². The largest absolute Gasteiger partial charge is 0.497 e. The van der Waals surface area contributed by atoms with Crippen LogP contribution in [0.5, 0.6) is 11.5 Å². The third-order valence-corrected chi connectivity index (χ3v) is 3.30. The fourth-order valence-electron chi connectivity index (χ4n) is 1.96. The maximum Gasteiger partial charge on any atom is 0.269 e. The van der Waals surface area contributed by atoms with Gasteiger partial charge in [-0.15, -0.1) is 0 Å². The lowest BCUT2D eigenvalue weighted by Gasteiger charge is -2.09. The highest BCUT2D eigenvalue weighted by atomic mass is 19.1. The van der Waals surface area contributed by atoms with E-state index in [-0.39, 0.29) is 17.9 Å². The van der Waals surface area contributed by atoms with E-state index in [1.54, 1.807) is 31.4 Å². The van der Waals surface area contributed by atoms with E-state index in [0.29, 0.717) is 18.8 Å². The molecule has 0 aliphatic carbocycles. The average Bonchev–Trinajstić information content (AvgIpc) is 2.64. The zero-order valence-corrected chi connectivity index (χ0v) is 13.8. The van der Waals surface area contributed by atoms with Crippen LogP contribution in [0.25, 0.3) is 0 Å². The molecule has 7 heteroatoms. The molecule has 0 saturated heterocycles. The maximum absolute atomic E-state index is 12.8. The van der Waals surface area contributed by atoms with Crippen LogP contribution in [0.2, 0.25) is 0 Å². The van der Waals surface area contributed by atoms with Crippen LogP contribution in [0.4, 0.5) is 4.39 Å². The Morgan fingerprint density at radius 3 is 2.24 bits per heavy atom. The molecule has 0 aromatic heterocycles. The summed E-state index contributed by atoms with van der Waals surface area (Å²) < 4.78 is 23.3. The van der Waals surface area contributed by atoms with Crippen LogP contribution in [0.1, 0.15) is 23.2 Å². The summed E-state index contributed by atoms with van der Waals surface area (Å²) in [6.07, 6.45) is 0.685. The topological polar surface area (TPSA) is 76.7 Å². The lowest BCUT2D eigenvalue weighted by Crippen LogP contribution is -2.41. The van der Waals surface area contributed by atoms with Crippen molar-refractivity contribution in [3.8, 4) is 11.5 Å². The Morgan fingerprint density at radius 2 is 1.60 bits per heavy atom. The third-order valence-electron chi connectivity index (χ3n) is 3.30. The first kappa shape index (κ1) is 18.3. The zero-order valence-electron chi connectivity index (χ0n) is 13.8. The van der Waals surface area contributed by atoms with Gasteiger partial charge in [-0.1, -0.05) is 0 Å². The van der Waals surface area contributed by atoms with Crippen molar-refractivity contribution in [2.45, 2.75) is 12.8 Å². The van der Waals surface area contributed by atoms with Gasteiger partial charge in [0.15, 0.2) is 0 Å². The highest BCUT2D eigenvalue weighted by molar-refractivity contribution is 5.95. The predicted octanol–water partition coefficient (Wildman–Crippen LogP) is 2.45. The predicted molar refractivity (Wildman–Crippen MR) is 89.7 cm³/mol. The molecule has 6 nitrogen and oxygen atoms in total. The third kappa shape index (κ3) is 6.14. The number of benzene rings is 2. The number of hydrogen-bond acceptors (Lipinski definition) is 4. The first-order valence-corrected chi connectivity index (χ1v) is 7.70. The summed E-state index contributed by atoms with van der Waals surface area (Å²) in [5.41, 5.74) is 4.83. The molecule has 2 amide bonds. The number of hydrogen-bond donors (Lipinski definition) is 2. The Balaban J connectivity index is 1.63. The summed E-state index contributed by atoms with van der Waals surface area (Å²) in [5, 5.41) is 0. The van der Waals surface area contributed by atoms with Crippen LogP contribution in [0.15, 0.2) is 48.5 Å². The van der Waals surface area contributed by atoms with Crippen LogP contribution in [0.3, 0.4) is 0 Å². The minimum atomic E-state index is -0.511. The van der Waals surface area contributed by atoms with E-state index in [1.807, 2.05) is 0 Å². The molecule has 0 spiro atoms. The van der Waals surface area contributed by atoms with E-state index < -0.39 is 11.7 Å². The summed E-state index contributed by atoms with van der Waals surface area (Å²) in [6.45, 7) is 0.367. The monoisotopic (exact) mass is 346 g/mol. The summed E-state index contributed by atoms with van der Waals surface area (Å²) >= 11 is 0. The molecule has 0 radical (unpaired) electrons. The smallest absolute Gasteiger partial charge is 0.269 e. The molecular formula is C18H19FN2O4. The molecule has 0 aliphatic rings. The summed E-state index contributed by atoms with van der Waals surface area (Å²) in [5.74, 6) is 0.142. The molecule has 2 aromatic carbocycles. The average molecular weight is 346 g/mol. The number of nitrogens with one attached hydrogen (secondary N) is 2. The first-order chi connectivity index (χ1) is 12.1. The van der Waals surface area contributed by atoms with Gasteiger partial charge in [0.1, 0.15) is 17.3 Å². The van der Waals surface area contributed by atoms with E-state index in [9.17, 15) is 14.0 Å². The number of ether oxygens (including phenoxy) is 2. The SMILES string of the molecule is COc1ccc(OCCCC(=O)NNC(=O)c2ccc(F)cc2)cc1. The van der Waals surface area contributed by atoms with Gasteiger partial charge in [0.25, 0.3) is 5.91 Å². The van der Waals surface area contributed by atoms with Crippen molar-refractivity contribution in [2.24, 2.45) is 0 Å². The molecule has 25 heavy (non-hydrogen) atoms. The van der Waals surface area contributed by atoms with Crippen molar-refractivity contribution in [3.05, 3.63) is 59.9 Å². The van der Waals surface area contributed by atoms with Gasteiger partial charge in [-0.3, -0.25) is 20.4 Å². The minimum Gasteiger partial charge on any atom is -0.497 e. The molecule has 0 heterocycles. The number of rotatable bonds is 7. The highest BCUT2D eigenvalue weighted by Crippen LogP contribution is 2.17. The van der Waals surface area contributed by atoms with E-state index in [2.05, 4.69) is 10.9 Å². The van der Waals surface area contributed by atoms with Gasteiger partial charge in [0, 0.05) is 12.0 Å². The van der Waals surface area contributed by atoms with Crippen molar-refractivity contribution in [1.82, 2.24) is 10.9 Å². The number of amides is 2. The van der Waals surface area contributed by atoms with Crippen molar-refractivity contribution in [3.63, 3.8) is 0 Å². The molecule has 2 aromatic rings. The summed E-state index contributed by atoms with van der Waals surface area (Å²) in [4.78, 5) is 23.4. The Bertz CT molecular complexity index is 702. The van der Waals surface area contributed by atoms with Gasteiger partial charge < -0.3 is 9.47 Å². The lowest BCUT2D eigenvalue weighted by atomic mass is 10.2. The Kier molecular flexibility index (Phi) is 6.76. The van der Waals surface area contributed by atoms with E-state index in [4.69, 9.17) is 9.47 Å². The molecule has 2 N–H and O–H groups in total. The summed E-state index contributed by atoms with van der Waals surface area (Å²) in [7, 11) is 1.59. The van der Waals surface area contributed by atoms with Crippen molar-refractivity contribution in [1.29, 1.82) is 0 Å². The van der Waals surface area contributed by atoms with Gasteiger partial charge in [-0.2, -0.15) is 0 Å². The highest BCUT2D eigenvalue weighted by Gasteiger charge is 2.07. The van der Waals surface area contributed by atoms with Crippen molar-refractivity contribution in [2.75, 3.05) is 13.7 Å². The molecule has 0 bridgehead atoms. The van der Waals surface area contributed by atoms with Gasteiger partial charge in [-0.25, -0.2) is 4.39 Å². The molecule has 0 saturated carbocycles. The second-order valence-electron chi connectivity index (χ2n) is 5.14. The molecule has 132 valence electrons. The van der Waals surface area contributed by atoms with Crippen molar-refractivity contribution < 1.29 is 23.5 Å². The lowest BCUT2D eigenvalue weighted by molar-refractivity contribution is -0.122. The van der Waals surface area contributed by atoms with Crippen LogP contribution in [-0.2, 0) is 4.79 Å². The Hall–Kier alpha value is -3.09. The van der Waals surface area contributed by atoms with Gasteiger partial charge >= 0.3 is 0 Å². The van der Waals surface area contributed by atoms with E-state index in [1.165, 1.54) is 24.3 Å². The molecule has 0 unspecified atom stereocenters. The molecule has 0 fully saturated rings. The Labute approximate surface area is 144 Å². The molecule has 0 atom stereocenters. The van der Waals surface area contributed by atoms with Crippen LogP contribution >= 0.6 is 0 Å². The van der Waals surface area contributed by atoms with Gasteiger partial charge in [0.05, 0.1) is 13.7 Å². The van der Waals surface area contributed by atoms with E-state index in [0.717, 1.165) is 5.75 Å². The number of halogens is 1. The standard InChI is InChI=1S/C18H19FN2O4/c1-24-15-8-10-16(11-9-15)25-12-2-3-17(22)20-21-18(23)13-4-6-14(19)7-5-13/h4-11H,2-3,12H2,1H3,(H,20,22)(H,21,23). The molecule has 0 aliphatic heterocycles. The zero-order chi connectivity index (χ0) is 18.1. The van der Waals surface area contributed by atoms with E-state index >= 15 is 0 Å². The maximum atomic E-state index is 12.8. The van der Waals surface area contributed by atoms with Crippen LogP contribution in [0, 0.1) is 5.82 Å². The minimum absolute atomic E-state index is 0.194. The second kappa shape index (κ2) is 9.27. The first-order valence-electron chi connectivity index (χ1n) is 7.70. The molecular weight excluding hydrogens is 327 g/mol. The fraction of sp³-hybridized carbons (Fsp3) is 0.222. The fourth-order valence-corrected chi connectivity index (χ4v) is 1.96. The summed E-state index contributed by atoms with van der Waals surface area (Å²) in [6, 6.07) is 12.1. The van der Waals surface area contributed by atoms with Gasteiger partial charge in [-0.05, 0) is 55.0 Å². The Morgan fingerprint density at radius 1 is 0.960 bits per heavy atom.